The summed E-state index contributed by atoms with van der Waals surface area (Å²) in [7, 11) is 0. The SMILES string of the molecule is CC(C)(C)OC(=O)NCCNC1CCC(O)(CC(=O)O)CC1. The van der Waals surface area contributed by atoms with Crippen molar-refractivity contribution in [2.45, 2.75) is 70.1 Å². The zero-order valence-electron chi connectivity index (χ0n) is 13.6. The molecule has 1 aliphatic rings. The van der Waals surface area contributed by atoms with Gasteiger partial charge in [0.1, 0.15) is 5.60 Å². The molecule has 1 amide bonds. The summed E-state index contributed by atoms with van der Waals surface area (Å²) < 4.78 is 5.13. The first-order valence-electron chi connectivity index (χ1n) is 7.74. The molecule has 0 spiro atoms. The zero-order valence-corrected chi connectivity index (χ0v) is 13.6. The van der Waals surface area contributed by atoms with E-state index in [1.807, 2.05) is 20.8 Å². The summed E-state index contributed by atoms with van der Waals surface area (Å²) in [6, 6.07) is 0.245. The summed E-state index contributed by atoms with van der Waals surface area (Å²) in [5, 5.41) is 24.9. The highest BCUT2D eigenvalue weighted by molar-refractivity contribution is 5.68. The minimum atomic E-state index is -1.07. The van der Waals surface area contributed by atoms with Crippen molar-refractivity contribution < 1.29 is 24.5 Å². The predicted molar refractivity (Wildman–Crippen MR) is 81.7 cm³/mol. The van der Waals surface area contributed by atoms with E-state index < -0.39 is 23.3 Å². The molecule has 0 aliphatic heterocycles. The van der Waals surface area contributed by atoms with Crippen LogP contribution in [-0.4, -0.2) is 52.6 Å². The first-order chi connectivity index (χ1) is 10.1. The van der Waals surface area contributed by atoms with Crippen molar-refractivity contribution in [2.75, 3.05) is 13.1 Å². The van der Waals surface area contributed by atoms with Crippen LogP contribution in [0.1, 0.15) is 52.9 Å². The average Bonchev–Trinajstić information content (AvgIpc) is 2.33. The maximum absolute atomic E-state index is 11.4. The second kappa shape index (κ2) is 7.78. The molecule has 0 saturated heterocycles. The maximum atomic E-state index is 11.4. The van der Waals surface area contributed by atoms with Crippen molar-refractivity contribution in [2.24, 2.45) is 0 Å². The molecule has 1 fully saturated rings. The largest absolute Gasteiger partial charge is 0.481 e. The molecule has 0 radical (unpaired) electrons. The molecule has 1 saturated carbocycles. The average molecular weight is 316 g/mol. The third kappa shape index (κ3) is 7.61. The van der Waals surface area contributed by atoms with Gasteiger partial charge in [-0.15, -0.1) is 0 Å². The topological polar surface area (TPSA) is 108 Å². The molecule has 128 valence electrons. The molecule has 0 heterocycles. The summed E-state index contributed by atoms with van der Waals surface area (Å²) in [5.41, 5.74) is -1.58. The molecule has 0 aromatic rings. The Balaban J connectivity index is 2.15. The number of rotatable bonds is 6. The van der Waals surface area contributed by atoms with Crippen molar-refractivity contribution >= 4 is 12.1 Å². The van der Waals surface area contributed by atoms with Crippen LogP contribution in [0.25, 0.3) is 0 Å². The van der Waals surface area contributed by atoms with E-state index in [0.29, 0.717) is 25.9 Å². The number of hydrogen-bond acceptors (Lipinski definition) is 5. The Morgan fingerprint density at radius 2 is 1.82 bits per heavy atom. The van der Waals surface area contributed by atoms with E-state index in [1.165, 1.54) is 0 Å². The lowest BCUT2D eigenvalue weighted by Crippen LogP contribution is -2.44. The molecule has 4 N–H and O–H groups in total. The zero-order chi connectivity index (χ0) is 16.8. The van der Waals surface area contributed by atoms with Crippen LogP contribution in [0.5, 0.6) is 0 Å². The number of amides is 1. The first kappa shape index (κ1) is 18.7. The number of nitrogens with one attached hydrogen (secondary N) is 2. The van der Waals surface area contributed by atoms with Crippen LogP contribution in [0.2, 0.25) is 0 Å². The van der Waals surface area contributed by atoms with E-state index in [1.54, 1.807) is 0 Å². The molecule has 0 aromatic heterocycles. The minimum absolute atomic E-state index is 0.195. The predicted octanol–water partition coefficient (Wildman–Crippen LogP) is 1.25. The van der Waals surface area contributed by atoms with Gasteiger partial charge in [0.2, 0.25) is 0 Å². The third-order valence-corrected chi connectivity index (χ3v) is 3.62. The van der Waals surface area contributed by atoms with Crippen LogP contribution in [0.15, 0.2) is 0 Å². The van der Waals surface area contributed by atoms with Crippen LogP contribution < -0.4 is 10.6 Å². The highest BCUT2D eigenvalue weighted by Gasteiger charge is 2.34. The summed E-state index contributed by atoms with van der Waals surface area (Å²) in [6.45, 7) is 6.51. The van der Waals surface area contributed by atoms with Gasteiger partial charge in [0.05, 0.1) is 12.0 Å². The number of carboxylic acid groups (broad SMARTS) is 1. The summed E-state index contributed by atoms with van der Waals surface area (Å²) in [6.07, 6.45) is 1.80. The molecule has 0 aromatic carbocycles. The van der Waals surface area contributed by atoms with Crippen molar-refractivity contribution in [3.63, 3.8) is 0 Å². The molecule has 0 atom stereocenters. The van der Waals surface area contributed by atoms with Gasteiger partial charge in [-0.05, 0) is 46.5 Å². The van der Waals surface area contributed by atoms with Crippen molar-refractivity contribution in [1.82, 2.24) is 10.6 Å². The maximum Gasteiger partial charge on any atom is 0.407 e. The number of carbonyl (C=O) groups excluding carboxylic acids is 1. The van der Waals surface area contributed by atoms with Crippen LogP contribution in [0.3, 0.4) is 0 Å². The van der Waals surface area contributed by atoms with Gasteiger partial charge < -0.3 is 25.6 Å². The van der Waals surface area contributed by atoms with Crippen molar-refractivity contribution in [3.8, 4) is 0 Å². The van der Waals surface area contributed by atoms with E-state index >= 15 is 0 Å². The van der Waals surface area contributed by atoms with Gasteiger partial charge in [0.25, 0.3) is 0 Å². The molecule has 0 unspecified atom stereocenters. The number of carbonyl (C=O) groups is 2. The second-order valence-electron chi connectivity index (χ2n) is 6.95. The number of alkyl carbamates (subject to hydrolysis) is 1. The van der Waals surface area contributed by atoms with Gasteiger partial charge in [-0.25, -0.2) is 4.79 Å². The van der Waals surface area contributed by atoms with Crippen LogP contribution in [-0.2, 0) is 9.53 Å². The summed E-state index contributed by atoms with van der Waals surface area (Å²) in [5.74, 6) is -0.963. The molecular weight excluding hydrogens is 288 g/mol. The summed E-state index contributed by atoms with van der Waals surface area (Å²) >= 11 is 0. The Morgan fingerprint density at radius 3 is 2.32 bits per heavy atom. The fourth-order valence-corrected chi connectivity index (χ4v) is 2.57. The van der Waals surface area contributed by atoms with Gasteiger partial charge in [0, 0.05) is 19.1 Å². The Kier molecular flexibility index (Phi) is 6.62. The molecule has 7 heteroatoms. The molecule has 0 bridgehead atoms. The number of hydrogen-bond donors (Lipinski definition) is 4. The Morgan fingerprint density at radius 1 is 1.23 bits per heavy atom. The molecular formula is C15H28N2O5. The lowest BCUT2D eigenvalue weighted by atomic mass is 9.80. The van der Waals surface area contributed by atoms with E-state index in [9.17, 15) is 14.7 Å². The van der Waals surface area contributed by atoms with Gasteiger partial charge in [-0.1, -0.05) is 0 Å². The fraction of sp³-hybridized carbons (Fsp3) is 0.867. The van der Waals surface area contributed by atoms with Crippen LogP contribution in [0, 0.1) is 0 Å². The molecule has 1 aliphatic carbocycles. The van der Waals surface area contributed by atoms with E-state index in [2.05, 4.69) is 10.6 Å². The molecule has 1 rings (SSSR count). The van der Waals surface area contributed by atoms with E-state index in [4.69, 9.17) is 9.84 Å². The smallest absolute Gasteiger partial charge is 0.407 e. The van der Waals surface area contributed by atoms with Crippen LogP contribution >= 0.6 is 0 Å². The third-order valence-electron chi connectivity index (χ3n) is 3.62. The Hall–Kier alpha value is -1.34. The second-order valence-corrected chi connectivity index (χ2v) is 6.95. The summed E-state index contributed by atoms with van der Waals surface area (Å²) in [4.78, 5) is 22.1. The molecule has 22 heavy (non-hydrogen) atoms. The normalized spacial score (nSPS) is 25.5. The monoisotopic (exact) mass is 316 g/mol. The number of aliphatic carboxylic acids is 1. The Labute approximate surface area is 131 Å². The van der Waals surface area contributed by atoms with Crippen LogP contribution in [0.4, 0.5) is 4.79 Å². The number of aliphatic hydroxyl groups is 1. The standard InChI is InChI=1S/C15H28N2O5/c1-14(2,3)22-13(20)17-9-8-16-11-4-6-15(21,7-5-11)10-12(18)19/h11,16,21H,4-10H2,1-3H3,(H,17,20)(H,18,19). The first-order valence-corrected chi connectivity index (χ1v) is 7.74. The lowest BCUT2D eigenvalue weighted by molar-refractivity contribution is -0.144. The van der Waals surface area contributed by atoms with Gasteiger partial charge >= 0.3 is 12.1 Å². The minimum Gasteiger partial charge on any atom is -0.481 e. The fourth-order valence-electron chi connectivity index (χ4n) is 2.57. The quantitative estimate of drug-likeness (QED) is 0.549. The van der Waals surface area contributed by atoms with E-state index in [0.717, 1.165) is 12.8 Å². The number of carboxylic acids is 1. The van der Waals surface area contributed by atoms with E-state index in [-0.39, 0.29) is 12.5 Å². The van der Waals surface area contributed by atoms with Gasteiger partial charge in [0.15, 0.2) is 0 Å². The van der Waals surface area contributed by atoms with Gasteiger partial charge in [-0.3, -0.25) is 4.79 Å². The van der Waals surface area contributed by atoms with Gasteiger partial charge in [-0.2, -0.15) is 0 Å². The lowest BCUT2D eigenvalue weighted by Gasteiger charge is -2.35. The van der Waals surface area contributed by atoms with Crippen molar-refractivity contribution in [3.05, 3.63) is 0 Å². The Bertz CT molecular complexity index is 384. The number of ether oxygens (including phenoxy) is 1. The van der Waals surface area contributed by atoms with Crippen molar-refractivity contribution in [1.29, 1.82) is 0 Å². The molecule has 7 nitrogen and oxygen atoms in total. The highest BCUT2D eigenvalue weighted by atomic mass is 16.6. The highest BCUT2D eigenvalue weighted by Crippen LogP contribution is 2.31.